The van der Waals surface area contributed by atoms with E-state index in [0.29, 0.717) is 5.56 Å². The number of nitrogens with zero attached hydrogens (tertiary/aromatic N) is 2. The van der Waals surface area contributed by atoms with Gasteiger partial charge >= 0.3 is 0 Å². The lowest BCUT2D eigenvalue weighted by Crippen LogP contribution is -2.53. The van der Waals surface area contributed by atoms with Gasteiger partial charge in [-0.3, -0.25) is 4.79 Å². The quantitative estimate of drug-likeness (QED) is 0.776. The summed E-state index contributed by atoms with van der Waals surface area (Å²) in [5.74, 6) is -0.209. The van der Waals surface area contributed by atoms with E-state index in [-0.39, 0.29) is 24.2 Å². The molecule has 2 rings (SSSR count). The number of hydrogen-bond acceptors (Lipinski definition) is 4. The Kier molecular flexibility index (Phi) is 4.67. The largest absolute Gasteiger partial charge is 0.334 e. The monoisotopic (exact) mass is 318 g/mol. The molecule has 0 saturated carbocycles. The summed E-state index contributed by atoms with van der Waals surface area (Å²) < 4.78 is 23.6. The second-order valence-corrected chi connectivity index (χ2v) is 7.89. The first-order valence-corrected chi connectivity index (χ1v) is 8.77. The van der Waals surface area contributed by atoms with Crippen LogP contribution >= 0.6 is 0 Å². The SMILES string of the molecule is C[C@H]1[C@H](C)S(=O)(=O)CCN1C(=O)/C=C/c1cccc(C#N)c1. The van der Waals surface area contributed by atoms with E-state index < -0.39 is 15.1 Å². The van der Waals surface area contributed by atoms with Crippen LogP contribution in [0.15, 0.2) is 30.3 Å². The summed E-state index contributed by atoms with van der Waals surface area (Å²) in [7, 11) is -3.11. The fourth-order valence-electron chi connectivity index (χ4n) is 2.45. The molecule has 0 aromatic heterocycles. The van der Waals surface area contributed by atoms with Crippen molar-refractivity contribution >= 4 is 21.8 Å². The maximum Gasteiger partial charge on any atom is 0.246 e. The van der Waals surface area contributed by atoms with Crippen molar-refractivity contribution in [2.24, 2.45) is 0 Å². The maximum absolute atomic E-state index is 12.3. The van der Waals surface area contributed by atoms with Crippen molar-refractivity contribution < 1.29 is 13.2 Å². The summed E-state index contributed by atoms with van der Waals surface area (Å²) in [4.78, 5) is 13.9. The van der Waals surface area contributed by atoms with Crippen LogP contribution in [0.3, 0.4) is 0 Å². The summed E-state index contributed by atoms with van der Waals surface area (Å²) in [5, 5.41) is 8.30. The molecule has 1 aromatic carbocycles. The average molecular weight is 318 g/mol. The topological polar surface area (TPSA) is 78.2 Å². The van der Waals surface area contributed by atoms with Gasteiger partial charge in [-0.15, -0.1) is 0 Å². The molecule has 1 heterocycles. The molecule has 0 N–H and O–H groups in total. The van der Waals surface area contributed by atoms with Crippen molar-refractivity contribution in [1.82, 2.24) is 4.90 Å². The van der Waals surface area contributed by atoms with E-state index in [1.54, 1.807) is 49.1 Å². The zero-order chi connectivity index (χ0) is 16.3. The number of amides is 1. The molecule has 1 amide bonds. The van der Waals surface area contributed by atoms with E-state index in [9.17, 15) is 13.2 Å². The molecule has 1 aromatic rings. The lowest BCUT2D eigenvalue weighted by Gasteiger charge is -2.36. The highest BCUT2D eigenvalue weighted by Crippen LogP contribution is 2.19. The number of nitriles is 1. The number of carbonyl (C=O) groups excluding carboxylic acids is 1. The molecule has 116 valence electrons. The number of sulfone groups is 1. The molecular formula is C16H18N2O3S. The molecule has 6 heteroatoms. The summed E-state index contributed by atoms with van der Waals surface area (Å²) in [6.07, 6.45) is 3.07. The Morgan fingerprint density at radius 1 is 1.41 bits per heavy atom. The molecule has 1 aliphatic rings. The highest BCUT2D eigenvalue weighted by atomic mass is 32.2. The molecule has 22 heavy (non-hydrogen) atoms. The molecule has 5 nitrogen and oxygen atoms in total. The van der Waals surface area contributed by atoms with Gasteiger partial charge in [0, 0.05) is 18.7 Å². The zero-order valence-corrected chi connectivity index (χ0v) is 13.4. The van der Waals surface area contributed by atoms with Crippen molar-refractivity contribution in [3.8, 4) is 6.07 Å². The van der Waals surface area contributed by atoms with Gasteiger partial charge in [-0.1, -0.05) is 12.1 Å². The number of carbonyl (C=O) groups is 1. The molecule has 1 saturated heterocycles. The Morgan fingerprint density at radius 3 is 2.82 bits per heavy atom. The molecule has 0 radical (unpaired) electrons. The third-order valence-electron chi connectivity index (χ3n) is 4.07. The number of hydrogen-bond donors (Lipinski definition) is 0. The highest BCUT2D eigenvalue weighted by Gasteiger charge is 2.37. The van der Waals surface area contributed by atoms with Crippen molar-refractivity contribution in [3.05, 3.63) is 41.5 Å². The van der Waals surface area contributed by atoms with Gasteiger partial charge in [0.25, 0.3) is 0 Å². The molecule has 1 aliphatic heterocycles. The molecule has 1 fully saturated rings. The fraction of sp³-hybridized carbons (Fsp3) is 0.375. The van der Waals surface area contributed by atoms with Gasteiger partial charge in [0.1, 0.15) is 0 Å². The molecular weight excluding hydrogens is 300 g/mol. The van der Waals surface area contributed by atoms with Crippen LogP contribution in [0.25, 0.3) is 6.08 Å². The molecule has 0 bridgehead atoms. The highest BCUT2D eigenvalue weighted by molar-refractivity contribution is 7.92. The minimum absolute atomic E-state index is 0.00199. The Hall–Kier alpha value is -2.13. The minimum atomic E-state index is -3.11. The van der Waals surface area contributed by atoms with E-state index >= 15 is 0 Å². The van der Waals surface area contributed by atoms with E-state index in [2.05, 4.69) is 0 Å². The van der Waals surface area contributed by atoms with Crippen LogP contribution in [-0.2, 0) is 14.6 Å². The second-order valence-electron chi connectivity index (χ2n) is 5.41. The maximum atomic E-state index is 12.3. The van der Waals surface area contributed by atoms with Gasteiger partial charge < -0.3 is 4.90 Å². The second kappa shape index (κ2) is 6.32. The molecule has 2 atom stereocenters. The summed E-state index contributed by atoms with van der Waals surface area (Å²) in [6, 6.07) is 8.64. The van der Waals surface area contributed by atoms with Gasteiger partial charge in [-0.2, -0.15) is 5.26 Å². The van der Waals surface area contributed by atoms with Crippen LogP contribution in [0.1, 0.15) is 25.0 Å². The van der Waals surface area contributed by atoms with Gasteiger partial charge in [-0.25, -0.2) is 8.42 Å². The predicted octanol–water partition coefficient (Wildman–Crippen LogP) is 1.61. The van der Waals surface area contributed by atoms with Crippen LogP contribution in [-0.4, -0.2) is 42.8 Å². The van der Waals surface area contributed by atoms with Crippen molar-refractivity contribution in [3.63, 3.8) is 0 Å². The van der Waals surface area contributed by atoms with Crippen molar-refractivity contribution in [2.75, 3.05) is 12.3 Å². The average Bonchev–Trinajstić information content (AvgIpc) is 2.51. The summed E-state index contributed by atoms with van der Waals surface area (Å²) in [5.41, 5.74) is 1.29. The van der Waals surface area contributed by atoms with Crippen LogP contribution in [0.2, 0.25) is 0 Å². The van der Waals surface area contributed by atoms with E-state index in [0.717, 1.165) is 5.56 Å². The van der Waals surface area contributed by atoms with E-state index in [1.165, 1.54) is 6.08 Å². The third-order valence-corrected chi connectivity index (χ3v) is 6.35. The molecule has 0 spiro atoms. The Bertz CT molecular complexity index is 747. The Balaban J connectivity index is 2.12. The predicted molar refractivity (Wildman–Crippen MR) is 84.6 cm³/mol. The lowest BCUT2D eigenvalue weighted by atomic mass is 10.1. The van der Waals surface area contributed by atoms with Gasteiger partial charge in [0.05, 0.1) is 22.6 Å². The van der Waals surface area contributed by atoms with Crippen LogP contribution in [0.4, 0.5) is 0 Å². The van der Waals surface area contributed by atoms with E-state index in [1.807, 2.05) is 6.07 Å². The Labute approximate surface area is 130 Å². The van der Waals surface area contributed by atoms with Gasteiger partial charge in [0.2, 0.25) is 5.91 Å². The van der Waals surface area contributed by atoms with Crippen molar-refractivity contribution in [1.29, 1.82) is 5.26 Å². The van der Waals surface area contributed by atoms with Crippen molar-refractivity contribution in [2.45, 2.75) is 25.1 Å². The van der Waals surface area contributed by atoms with Gasteiger partial charge in [0.15, 0.2) is 9.84 Å². The first-order chi connectivity index (χ1) is 10.3. The van der Waals surface area contributed by atoms with Gasteiger partial charge in [-0.05, 0) is 37.6 Å². The molecule has 0 unspecified atom stereocenters. The van der Waals surface area contributed by atoms with Crippen LogP contribution < -0.4 is 0 Å². The minimum Gasteiger partial charge on any atom is -0.334 e. The normalized spacial score (nSPS) is 24.1. The number of benzene rings is 1. The first-order valence-electron chi connectivity index (χ1n) is 7.05. The smallest absolute Gasteiger partial charge is 0.246 e. The summed E-state index contributed by atoms with van der Waals surface area (Å²) in [6.45, 7) is 3.61. The third kappa shape index (κ3) is 3.37. The number of rotatable bonds is 2. The lowest BCUT2D eigenvalue weighted by molar-refractivity contribution is -0.127. The zero-order valence-electron chi connectivity index (χ0n) is 12.6. The standard InChI is InChI=1S/C16H18N2O3S/c1-12-13(2)22(20,21)9-8-18(12)16(19)7-6-14-4-3-5-15(10-14)11-17/h3-7,10,12-13H,8-9H2,1-2H3/b7-6+/t12-,13-/m0/s1. The van der Waals surface area contributed by atoms with E-state index in [4.69, 9.17) is 5.26 Å². The molecule has 0 aliphatic carbocycles. The van der Waals surface area contributed by atoms with Crippen LogP contribution in [0.5, 0.6) is 0 Å². The van der Waals surface area contributed by atoms with Crippen LogP contribution in [0, 0.1) is 11.3 Å². The summed E-state index contributed by atoms with van der Waals surface area (Å²) >= 11 is 0. The Morgan fingerprint density at radius 2 is 2.14 bits per heavy atom. The first kappa shape index (κ1) is 16.2. The fourth-order valence-corrected chi connectivity index (χ4v) is 4.02.